The second kappa shape index (κ2) is 7.21. The molecule has 2 amide bonds. The van der Waals surface area contributed by atoms with Crippen molar-refractivity contribution in [2.45, 2.75) is 32.9 Å². The highest BCUT2D eigenvalue weighted by Gasteiger charge is 2.23. The Balaban J connectivity index is 1.52. The summed E-state index contributed by atoms with van der Waals surface area (Å²) >= 11 is 1.59. The second-order valence-electron chi connectivity index (χ2n) is 6.32. The van der Waals surface area contributed by atoms with Crippen molar-refractivity contribution in [2.75, 3.05) is 25.0 Å². The zero-order valence-corrected chi connectivity index (χ0v) is 15.3. The van der Waals surface area contributed by atoms with Gasteiger partial charge in [-0.05, 0) is 31.9 Å². The molecule has 2 heterocycles. The molecule has 1 aliphatic heterocycles. The number of carbonyl (C=O) groups excluding carboxylic acids is 1. The highest BCUT2D eigenvalue weighted by molar-refractivity contribution is 7.09. The van der Waals surface area contributed by atoms with Crippen molar-refractivity contribution in [3.05, 3.63) is 45.9 Å². The number of urea groups is 1. The monoisotopic (exact) mass is 344 g/mol. The average molecular weight is 344 g/mol. The fourth-order valence-corrected chi connectivity index (χ4v) is 3.90. The summed E-state index contributed by atoms with van der Waals surface area (Å²) in [7, 11) is 1.82. The van der Waals surface area contributed by atoms with E-state index in [0.717, 1.165) is 23.5 Å². The maximum atomic E-state index is 12.3. The molecule has 0 fully saturated rings. The van der Waals surface area contributed by atoms with Gasteiger partial charge < -0.3 is 15.1 Å². The Morgan fingerprint density at radius 2 is 2.25 bits per heavy atom. The lowest BCUT2D eigenvalue weighted by Crippen LogP contribution is -2.45. The normalized spacial score (nSPS) is 14.4. The molecule has 24 heavy (non-hydrogen) atoms. The quantitative estimate of drug-likeness (QED) is 0.907. The molecule has 1 N–H and O–H groups in total. The van der Waals surface area contributed by atoms with Gasteiger partial charge in [-0.1, -0.05) is 18.2 Å². The number of benzene rings is 1. The first-order valence-corrected chi connectivity index (χ1v) is 9.16. The molecule has 0 saturated heterocycles. The maximum Gasteiger partial charge on any atom is 0.317 e. The number of hydrogen-bond acceptors (Lipinski definition) is 4. The van der Waals surface area contributed by atoms with Gasteiger partial charge in [0, 0.05) is 36.7 Å². The Morgan fingerprint density at radius 1 is 1.46 bits per heavy atom. The minimum Gasteiger partial charge on any atom is -0.366 e. The van der Waals surface area contributed by atoms with Crippen molar-refractivity contribution in [1.29, 1.82) is 0 Å². The highest BCUT2D eigenvalue weighted by Crippen LogP contribution is 2.28. The molecule has 1 aromatic heterocycles. The van der Waals surface area contributed by atoms with Gasteiger partial charge in [0.1, 0.15) is 0 Å². The highest BCUT2D eigenvalue weighted by atomic mass is 32.1. The van der Waals surface area contributed by atoms with Crippen LogP contribution < -0.4 is 10.2 Å². The molecule has 0 saturated carbocycles. The van der Waals surface area contributed by atoms with E-state index < -0.39 is 0 Å². The number of para-hydroxylation sites is 1. The van der Waals surface area contributed by atoms with E-state index in [4.69, 9.17) is 0 Å². The molecule has 0 bridgehead atoms. The standard InChI is InChI=1S/C18H24N4OS/c1-13(22-9-8-15-6-4-5-7-16(15)22)10-19-18(23)21(3)11-17-14(2)20-12-24-17/h4-7,12-13H,8-11H2,1-3H3,(H,19,23)/t13-/m0/s1. The summed E-state index contributed by atoms with van der Waals surface area (Å²) in [5.74, 6) is 0. The number of aryl methyl sites for hydroxylation is 1. The van der Waals surface area contributed by atoms with E-state index in [-0.39, 0.29) is 12.1 Å². The first-order valence-electron chi connectivity index (χ1n) is 8.28. The Kier molecular flexibility index (Phi) is 5.04. The maximum absolute atomic E-state index is 12.3. The summed E-state index contributed by atoms with van der Waals surface area (Å²) in [6.45, 7) is 6.40. The zero-order chi connectivity index (χ0) is 17.1. The van der Waals surface area contributed by atoms with Crippen molar-refractivity contribution in [3.8, 4) is 0 Å². The van der Waals surface area contributed by atoms with E-state index in [1.165, 1.54) is 11.3 Å². The summed E-state index contributed by atoms with van der Waals surface area (Å²) in [5.41, 5.74) is 5.52. The predicted octanol–water partition coefficient (Wildman–Crippen LogP) is 3.04. The molecule has 1 aliphatic rings. The summed E-state index contributed by atoms with van der Waals surface area (Å²) in [6, 6.07) is 8.75. The smallest absolute Gasteiger partial charge is 0.317 e. The van der Waals surface area contributed by atoms with Crippen LogP contribution >= 0.6 is 11.3 Å². The Hall–Kier alpha value is -2.08. The molecule has 6 heteroatoms. The van der Waals surface area contributed by atoms with Gasteiger partial charge in [-0.25, -0.2) is 9.78 Å². The number of rotatable bonds is 5. The molecular formula is C18H24N4OS. The zero-order valence-electron chi connectivity index (χ0n) is 14.5. The lowest BCUT2D eigenvalue weighted by Gasteiger charge is -2.28. The van der Waals surface area contributed by atoms with Crippen molar-refractivity contribution < 1.29 is 4.79 Å². The topological polar surface area (TPSA) is 48.5 Å². The number of nitrogens with one attached hydrogen (secondary N) is 1. The number of carbonyl (C=O) groups is 1. The van der Waals surface area contributed by atoms with E-state index in [2.05, 4.69) is 46.4 Å². The number of thiazole rings is 1. The predicted molar refractivity (Wildman–Crippen MR) is 98.7 cm³/mol. The van der Waals surface area contributed by atoms with Crippen LogP contribution in [0.3, 0.4) is 0 Å². The molecule has 5 nitrogen and oxygen atoms in total. The van der Waals surface area contributed by atoms with Gasteiger partial charge in [-0.15, -0.1) is 11.3 Å². The van der Waals surface area contributed by atoms with Crippen molar-refractivity contribution in [2.24, 2.45) is 0 Å². The van der Waals surface area contributed by atoms with Gasteiger partial charge in [0.15, 0.2) is 0 Å². The van der Waals surface area contributed by atoms with Crippen LogP contribution in [-0.4, -0.2) is 42.1 Å². The summed E-state index contributed by atoms with van der Waals surface area (Å²) in [4.78, 5) is 21.8. The Morgan fingerprint density at radius 3 is 3.00 bits per heavy atom. The summed E-state index contributed by atoms with van der Waals surface area (Å²) < 4.78 is 0. The number of aromatic nitrogens is 1. The second-order valence-corrected chi connectivity index (χ2v) is 7.26. The van der Waals surface area contributed by atoms with Crippen LogP contribution in [-0.2, 0) is 13.0 Å². The number of amides is 2. The molecular weight excluding hydrogens is 320 g/mol. The third-order valence-corrected chi connectivity index (χ3v) is 5.50. The SMILES string of the molecule is Cc1ncsc1CN(C)C(=O)NC[C@H](C)N1CCc2ccccc21. The molecule has 1 atom stereocenters. The lowest BCUT2D eigenvalue weighted by molar-refractivity contribution is 0.206. The molecule has 0 aliphatic carbocycles. The molecule has 0 spiro atoms. The van der Waals surface area contributed by atoms with Crippen molar-refractivity contribution in [1.82, 2.24) is 15.2 Å². The van der Waals surface area contributed by atoms with Gasteiger partial charge in [-0.3, -0.25) is 0 Å². The minimum absolute atomic E-state index is 0.0397. The summed E-state index contributed by atoms with van der Waals surface area (Å²) in [6.07, 6.45) is 1.08. The Labute approximate surface area is 147 Å². The largest absolute Gasteiger partial charge is 0.366 e. The third-order valence-electron chi connectivity index (χ3n) is 4.58. The fraction of sp³-hybridized carbons (Fsp3) is 0.444. The third kappa shape index (κ3) is 3.53. The van der Waals surface area contributed by atoms with Gasteiger partial charge in [0.25, 0.3) is 0 Å². The Bertz CT molecular complexity index is 715. The van der Waals surface area contributed by atoms with Crippen LogP contribution in [0.5, 0.6) is 0 Å². The van der Waals surface area contributed by atoms with Gasteiger partial charge in [0.2, 0.25) is 0 Å². The average Bonchev–Trinajstić information content (AvgIpc) is 3.19. The molecule has 0 radical (unpaired) electrons. The van der Waals surface area contributed by atoms with Crippen LogP contribution in [0.1, 0.15) is 23.1 Å². The number of fused-ring (bicyclic) bond motifs is 1. The molecule has 1 aromatic carbocycles. The first kappa shape index (κ1) is 16.8. The molecule has 2 aromatic rings. The van der Waals surface area contributed by atoms with E-state index in [1.54, 1.807) is 16.2 Å². The van der Waals surface area contributed by atoms with Crippen molar-refractivity contribution >= 4 is 23.1 Å². The fourth-order valence-electron chi connectivity index (χ4n) is 3.07. The molecule has 3 rings (SSSR count). The van der Waals surface area contributed by atoms with Gasteiger partial charge in [0.05, 0.1) is 17.7 Å². The van der Waals surface area contributed by atoms with Crippen LogP contribution in [0.2, 0.25) is 0 Å². The molecule has 0 unspecified atom stereocenters. The number of nitrogens with zero attached hydrogens (tertiary/aromatic N) is 3. The molecule has 128 valence electrons. The minimum atomic E-state index is -0.0397. The lowest BCUT2D eigenvalue weighted by atomic mass is 10.2. The van der Waals surface area contributed by atoms with Gasteiger partial charge in [-0.2, -0.15) is 0 Å². The van der Waals surface area contributed by atoms with E-state index in [9.17, 15) is 4.79 Å². The van der Waals surface area contributed by atoms with Crippen LogP contribution in [0.25, 0.3) is 0 Å². The van der Waals surface area contributed by atoms with E-state index in [0.29, 0.717) is 13.1 Å². The van der Waals surface area contributed by atoms with Crippen LogP contribution in [0, 0.1) is 6.92 Å². The van der Waals surface area contributed by atoms with E-state index in [1.807, 2.05) is 19.5 Å². The van der Waals surface area contributed by atoms with E-state index >= 15 is 0 Å². The van der Waals surface area contributed by atoms with Gasteiger partial charge >= 0.3 is 6.03 Å². The summed E-state index contributed by atoms with van der Waals surface area (Å²) in [5, 5.41) is 3.05. The van der Waals surface area contributed by atoms with Crippen molar-refractivity contribution in [3.63, 3.8) is 0 Å². The first-order chi connectivity index (χ1) is 11.6. The van der Waals surface area contributed by atoms with Crippen LogP contribution in [0.4, 0.5) is 10.5 Å². The number of hydrogen-bond donors (Lipinski definition) is 1. The van der Waals surface area contributed by atoms with Crippen LogP contribution in [0.15, 0.2) is 29.8 Å². The number of anilines is 1.